The van der Waals surface area contributed by atoms with Crippen molar-refractivity contribution < 1.29 is 9.47 Å². The summed E-state index contributed by atoms with van der Waals surface area (Å²) in [5, 5.41) is 3.43. The minimum absolute atomic E-state index is 0.251. The number of terminal acetylenes is 1. The molecule has 3 nitrogen and oxygen atoms in total. The van der Waals surface area contributed by atoms with Crippen LogP contribution in [0.4, 0.5) is 0 Å². The van der Waals surface area contributed by atoms with E-state index < -0.39 is 0 Å². The molecule has 1 atom stereocenters. The van der Waals surface area contributed by atoms with Gasteiger partial charge < -0.3 is 14.8 Å². The lowest BCUT2D eigenvalue weighted by Gasteiger charge is -2.13. The Morgan fingerprint density at radius 3 is 2.78 bits per heavy atom. The molecule has 0 heterocycles. The van der Waals surface area contributed by atoms with Crippen molar-refractivity contribution in [3.05, 3.63) is 23.8 Å². The van der Waals surface area contributed by atoms with Crippen molar-refractivity contribution in [2.45, 2.75) is 32.9 Å². The van der Waals surface area contributed by atoms with E-state index in [0.29, 0.717) is 17.5 Å². The van der Waals surface area contributed by atoms with Crippen LogP contribution in [0.2, 0.25) is 0 Å². The van der Waals surface area contributed by atoms with Gasteiger partial charge in [-0.2, -0.15) is 0 Å². The molecule has 98 valence electrons. The van der Waals surface area contributed by atoms with Gasteiger partial charge in [-0.3, -0.25) is 0 Å². The third-order valence-electron chi connectivity index (χ3n) is 2.81. The maximum atomic E-state index is 5.40. The Hall–Kier alpha value is -1.66. The molecule has 0 amide bonds. The van der Waals surface area contributed by atoms with E-state index in [1.54, 1.807) is 7.11 Å². The topological polar surface area (TPSA) is 30.5 Å². The zero-order valence-electron chi connectivity index (χ0n) is 11.3. The molecular formula is C15H21NO2. The van der Waals surface area contributed by atoms with Crippen LogP contribution < -0.4 is 14.8 Å². The van der Waals surface area contributed by atoms with Crippen LogP contribution >= 0.6 is 0 Å². The molecule has 1 aromatic carbocycles. The Labute approximate surface area is 109 Å². The number of ether oxygens (including phenoxy) is 2. The Morgan fingerprint density at radius 1 is 1.39 bits per heavy atom. The molecule has 0 spiro atoms. The lowest BCUT2D eigenvalue weighted by molar-refractivity contribution is 0.330. The largest absolute Gasteiger partial charge is 0.493 e. The Morgan fingerprint density at radius 2 is 2.17 bits per heavy atom. The quantitative estimate of drug-likeness (QED) is 0.751. The molecule has 0 unspecified atom stereocenters. The number of benzene rings is 1. The number of methoxy groups -OCH3 is 1. The smallest absolute Gasteiger partial charge is 0.162 e. The van der Waals surface area contributed by atoms with Gasteiger partial charge in [0, 0.05) is 12.6 Å². The van der Waals surface area contributed by atoms with Gasteiger partial charge in [0.1, 0.15) is 6.61 Å². The SMILES string of the molecule is C#CCOc1ccc(CN[C@@H](C)CC)cc1OC. The summed E-state index contributed by atoms with van der Waals surface area (Å²) in [6, 6.07) is 6.39. The lowest BCUT2D eigenvalue weighted by Crippen LogP contribution is -2.24. The average Bonchev–Trinajstić information content (AvgIpc) is 2.42. The normalized spacial score (nSPS) is 11.7. The Kier molecular flexibility index (Phi) is 6.10. The molecule has 0 saturated heterocycles. The standard InChI is InChI=1S/C15H21NO2/c1-5-9-18-14-8-7-13(10-15(14)17-4)11-16-12(3)6-2/h1,7-8,10,12,16H,6,9,11H2,2-4H3/t12-/m0/s1. The van der Waals surface area contributed by atoms with E-state index in [1.807, 2.05) is 18.2 Å². The molecule has 3 heteroatoms. The second-order valence-corrected chi connectivity index (χ2v) is 4.17. The molecule has 0 aliphatic rings. The van der Waals surface area contributed by atoms with Crippen molar-refractivity contribution in [2.24, 2.45) is 0 Å². The maximum absolute atomic E-state index is 5.40. The molecule has 0 aliphatic heterocycles. The van der Waals surface area contributed by atoms with Crippen LogP contribution in [0.25, 0.3) is 0 Å². The molecule has 0 aromatic heterocycles. The third-order valence-corrected chi connectivity index (χ3v) is 2.81. The van der Waals surface area contributed by atoms with E-state index in [2.05, 4.69) is 25.1 Å². The third kappa shape index (κ3) is 4.31. The van der Waals surface area contributed by atoms with Gasteiger partial charge in [0.2, 0.25) is 0 Å². The first-order chi connectivity index (χ1) is 8.71. The van der Waals surface area contributed by atoms with Gasteiger partial charge in [-0.05, 0) is 31.0 Å². The number of hydrogen-bond acceptors (Lipinski definition) is 3. The average molecular weight is 247 g/mol. The van der Waals surface area contributed by atoms with Gasteiger partial charge in [-0.25, -0.2) is 0 Å². The van der Waals surface area contributed by atoms with Crippen LogP contribution in [-0.2, 0) is 6.54 Å². The van der Waals surface area contributed by atoms with Gasteiger partial charge in [0.05, 0.1) is 7.11 Å². The van der Waals surface area contributed by atoms with Crippen molar-refractivity contribution in [3.63, 3.8) is 0 Å². The van der Waals surface area contributed by atoms with Crippen molar-refractivity contribution in [1.82, 2.24) is 5.32 Å². The van der Waals surface area contributed by atoms with Crippen LogP contribution in [0.1, 0.15) is 25.8 Å². The lowest BCUT2D eigenvalue weighted by atomic mass is 10.2. The van der Waals surface area contributed by atoms with E-state index >= 15 is 0 Å². The second-order valence-electron chi connectivity index (χ2n) is 4.17. The van der Waals surface area contributed by atoms with E-state index in [1.165, 1.54) is 5.56 Å². The van der Waals surface area contributed by atoms with Crippen LogP contribution in [0.15, 0.2) is 18.2 Å². The summed E-state index contributed by atoms with van der Waals surface area (Å²) in [6.07, 6.45) is 6.28. The van der Waals surface area contributed by atoms with E-state index in [0.717, 1.165) is 13.0 Å². The first kappa shape index (κ1) is 14.4. The van der Waals surface area contributed by atoms with Crippen molar-refractivity contribution >= 4 is 0 Å². The first-order valence-corrected chi connectivity index (χ1v) is 6.17. The molecule has 0 bridgehead atoms. The number of hydrogen-bond donors (Lipinski definition) is 1. The zero-order valence-corrected chi connectivity index (χ0v) is 11.3. The molecule has 1 aromatic rings. The van der Waals surface area contributed by atoms with Crippen LogP contribution in [0.5, 0.6) is 11.5 Å². The highest BCUT2D eigenvalue weighted by molar-refractivity contribution is 5.43. The number of nitrogens with one attached hydrogen (secondary N) is 1. The maximum Gasteiger partial charge on any atom is 0.162 e. The molecular weight excluding hydrogens is 226 g/mol. The zero-order chi connectivity index (χ0) is 13.4. The van der Waals surface area contributed by atoms with Crippen LogP contribution in [0.3, 0.4) is 0 Å². The van der Waals surface area contributed by atoms with Crippen molar-refractivity contribution in [2.75, 3.05) is 13.7 Å². The van der Waals surface area contributed by atoms with E-state index in [4.69, 9.17) is 15.9 Å². The Balaban J connectivity index is 2.69. The predicted octanol–water partition coefficient (Wildman–Crippen LogP) is 2.60. The van der Waals surface area contributed by atoms with Gasteiger partial charge in [0.25, 0.3) is 0 Å². The Bertz CT molecular complexity index is 409. The predicted molar refractivity (Wildman–Crippen MR) is 73.9 cm³/mol. The summed E-state index contributed by atoms with van der Waals surface area (Å²) in [5.41, 5.74) is 1.17. The molecule has 0 aliphatic carbocycles. The molecule has 0 saturated carbocycles. The van der Waals surface area contributed by atoms with Crippen LogP contribution in [0, 0.1) is 12.3 Å². The molecule has 18 heavy (non-hydrogen) atoms. The minimum atomic E-state index is 0.251. The fraction of sp³-hybridized carbons (Fsp3) is 0.467. The summed E-state index contributed by atoms with van der Waals surface area (Å²) in [7, 11) is 1.63. The van der Waals surface area contributed by atoms with E-state index in [-0.39, 0.29) is 6.61 Å². The minimum Gasteiger partial charge on any atom is -0.493 e. The summed E-state index contributed by atoms with van der Waals surface area (Å²) in [5.74, 6) is 3.84. The summed E-state index contributed by atoms with van der Waals surface area (Å²) < 4.78 is 10.7. The van der Waals surface area contributed by atoms with Gasteiger partial charge >= 0.3 is 0 Å². The molecule has 0 radical (unpaired) electrons. The summed E-state index contributed by atoms with van der Waals surface area (Å²) in [4.78, 5) is 0. The van der Waals surface area contributed by atoms with Gasteiger partial charge in [-0.1, -0.05) is 18.9 Å². The second kappa shape index (κ2) is 7.62. The van der Waals surface area contributed by atoms with Crippen molar-refractivity contribution in [1.29, 1.82) is 0 Å². The molecule has 0 fully saturated rings. The summed E-state index contributed by atoms with van der Waals surface area (Å²) in [6.45, 7) is 5.40. The fourth-order valence-electron chi connectivity index (χ4n) is 1.50. The molecule has 1 rings (SSSR count). The first-order valence-electron chi connectivity index (χ1n) is 6.17. The monoisotopic (exact) mass is 247 g/mol. The fourth-order valence-corrected chi connectivity index (χ4v) is 1.50. The summed E-state index contributed by atoms with van der Waals surface area (Å²) >= 11 is 0. The highest BCUT2D eigenvalue weighted by Gasteiger charge is 2.06. The van der Waals surface area contributed by atoms with Crippen molar-refractivity contribution in [3.8, 4) is 23.8 Å². The van der Waals surface area contributed by atoms with E-state index in [9.17, 15) is 0 Å². The van der Waals surface area contributed by atoms with Crippen LogP contribution in [-0.4, -0.2) is 19.8 Å². The molecule has 1 N–H and O–H groups in total. The van der Waals surface area contributed by atoms with Gasteiger partial charge in [-0.15, -0.1) is 6.42 Å². The highest BCUT2D eigenvalue weighted by atomic mass is 16.5. The number of rotatable bonds is 7. The van der Waals surface area contributed by atoms with Gasteiger partial charge in [0.15, 0.2) is 11.5 Å². The highest BCUT2D eigenvalue weighted by Crippen LogP contribution is 2.27.